The number of aromatic nitrogens is 1. The number of halogens is 2. The number of carbonyl (C=O) groups is 1. The van der Waals surface area contributed by atoms with Gasteiger partial charge in [0.15, 0.2) is 5.13 Å². The van der Waals surface area contributed by atoms with Crippen LogP contribution in [0.25, 0.3) is 10.2 Å². The summed E-state index contributed by atoms with van der Waals surface area (Å²) in [5, 5.41) is 1.20. The van der Waals surface area contributed by atoms with E-state index in [-0.39, 0.29) is 23.2 Å². The molecule has 1 aliphatic rings. The van der Waals surface area contributed by atoms with E-state index in [1.807, 2.05) is 36.4 Å². The average Bonchev–Trinajstić information content (AvgIpc) is 3.55. The van der Waals surface area contributed by atoms with Crippen LogP contribution < -0.4 is 9.21 Å². The van der Waals surface area contributed by atoms with Gasteiger partial charge < -0.3 is 4.90 Å². The quantitative estimate of drug-likeness (QED) is 0.230. The number of anilines is 2. The zero-order valence-corrected chi connectivity index (χ0v) is 24.9. The normalized spacial score (nSPS) is 13.0. The molecule has 0 spiro atoms. The molecule has 7 nitrogen and oxygen atoms in total. The maximum absolute atomic E-state index is 13.7. The summed E-state index contributed by atoms with van der Waals surface area (Å²) in [4.78, 5) is 22.5. The van der Waals surface area contributed by atoms with E-state index in [9.17, 15) is 13.2 Å². The van der Waals surface area contributed by atoms with Gasteiger partial charge in [-0.3, -0.25) is 14.0 Å². The van der Waals surface area contributed by atoms with Crippen molar-refractivity contribution in [1.82, 2.24) is 9.88 Å². The Morgan fingerprint density at radius 1 is 1.03 bits per heavy atom. The van der Waals surface area contributed by atoms with Crippen molar-refractivity contribution in [2.24, 2.45) is 0 Å². The van der Waals surface area contributed by atoms with E-state index < -0.39 is 10.0 Å². The number of fused-ring (bicyclic) bond motifs is 2. The Hall–Kier alpha value is -2.69. The van der Waals surface area contributed by atoms with Gasteiger partial charge >= 0.3 is 0 Å². The molecule has 0 atom stereocenters. The van der Waals surface area contributed by atoms with Crippen molar-refractivity contribution in [2.75, 3.05) is 41.9 Å². The van der Waals surface area contributed by atoms with Gasteiger partial charge in [-0.1, -0.05) is 55.0 Å². The van der Waals surface area contributed by atoms with Crippen LogP contribution in [0.4, 0.5) is 10.8 Å². The number of thiazole rings is 1. The number of sulfonamides is 1. The third kappa shape index (κ3) is 5.93. The van der Waals surface area contributed by atoms with Crippen LogP contribution in [0, 0.1) is 0 Å². The molecule has 0 bridgehead atoms. The Morgan fingerprint density at radius 2 is 1.74 bits per heavy atom. The Bertz CT molecular complexity index is 1570. The Morgan fingerprint density at radius 3 is 2.46 bits per heavy atom. The van der Waals surface area contributed by atoms with Crippen molar-refractivity contribution >= 4 is 72.3 Å². The van der Waals surface area contributed by atoms with E-state index in [2.05, 4.69) is 18.7 Å². The lowest BCUT2D eigenvalue weighted by atomic mass is 10.2. The highest BCUT2D eigenvalue weighted by atomic mass is 35.5. The second kappa shape index (κ2) is 12.2. The fourth-order valence-corrected chi connectivity index (χ4v) is 7.45. The second-order valence-electron chi connectivity index (χ2n) is 9.07. The largest absolute Gasteiger partial charge is 0.302 e. The van der Waals surface area contributed by atoms with Gasteiger partial charge in [-0.05, 0) is 73.6 Å². The van der Waals surface area contributed by atoms with Crippen molar-refractivity contribution in [3.63, 3.8) is 0 Å². The van der Waals surface area contributed by atoms with Crippen LogP contribution in [0.3, 0.4) is 0 Å². The molecule has 0 radical (unpaired) electrons. The highest BCUT2D eigenvalue weighted by Crippen LogP contribution is 2.34. The van der Waals surface area contributed by atoms with E-state index in [0.717, 1.165) is 28.9 Å². The monoisotopic (exact) mass is 604 g/mol. The van der Waals surface area contributed by atoms with Crippen molar-refractivity contribution in [2.45, 2.75) is 25.2 Å². The second-order valence-corrected chi connectivity index (χ2v) is 12.4. The van der Waals surface area contributed by atoms with E-state index in [1.165, 1.54) is 27.8 Å². The first-order valence-corrected chi connectivity index (χ1v) is 15.3. The van der Waals surface area contributed by atoms with E-state index in [0.29, 0.717) is 47.5 Å². The molecule has 1 aliphatic heterocycles. The summed E-state index contributed by atoms with van der Waals surface area (Å²) >= 11 is 7.59. The number of hydrogen-bond donors (Lipinski definition) is 0. The summed E-state index contributed by atoms with van der Waals surface area (Å²) in [6, 6.07) is 19.2. The first kappa shape index (κ1) is 29.3. The minimum atomic E-state index is -3.74. The number of benzene rings is 3. The third-order valence-electron chi connectivity index (χ3n) is 6.88. The summed E-state index contributed by atoms with van der Waals surface area (Å²) in [7, 11) is -3.74. The molecule has 5 rings (SSSR count). The van der Waals surface area contributed by atoms with Gasteiger partial charge in [-0.2, -0.15) is 0 Å². The molecule has 206 valence electrons. The summed E-state index contributed by atoms with van der Waals surface area (Å²) in [5.74, 6) is -0.224. The van der Waals surface area contributed by atoms with Crippen LogP contribution in [0.2, 0.25) is 5.02 Å². The molecule has 4 aromatic rings. The topological polar surface area (TPSA) is 73.8 Å². The minimum absolute atomic E-state index is 0. The number of amides is 1. The molecule has 0 fully saturated rings. The predicted molar refractivity (Wildman–Crippen MR) is 162 cm³/mol. The smallest absolute Gasteiger partial charge is 0.264 e. The van der Waals surface area contributed by atoms with E-state index >= 15 is 0 Å². The maximum Gasteiger partial charge on any atom is 0.264 e. The average molecular weight is 606 g/mol. The van der Waals surface area contributed by atoms with Crippen LogP contribution in [0.5, 0.6) is 0 Å². The zero-order valence-electron chi connectivity index (χ0n) is 21.7. The standard InChI is InChI=1S/C28H29ClN4O3S2.ClH/c1-3-31(4-2)17-18-32(28-30-24-14-11-22(29)19-26(24)37-28)27(34)21-9-12-23(13-10-21)38(35,36)33-16-15-20-7-5-6-8-25(20)33;/h5-14,19H,3-4,15-18H2,1-2H3;1H. The van der Waals surface area contributed by atoms with E-state index in [1.54, 1.807) is 23.1 Å². The molecule has 1 aromatic heterocycles. The van der Waals surface area contributed by atoms with Gasteiger partial charge in [-0.25, -0.2) is 13.4 Å². The summed E-state index contributed by atoms with van der Waals surface area (Å²) < 4.78 is 29.2. The molecule has 0 saturated carbocycles. The molecule has 11 heteroatoms. The number of nitrogens with zero attached hydrogens (tertiary/aromatic N) is 4. The number of rotatable bonds is 9. The van der Waals surface area contributed by atoms with E-state index in [4.69, 9.17) is 16.6 Å². The minimum Gasteiger partial charge on any atom is -0.302 e. The van der Waals surface area contributed by atoms with Crippen LogP contribution in [-0.4, -0.2) is 56.9 Å². The van der Waals surface area contributed by atoms with Crippen LogP contribution in [0.1, 0.15) is 29.8 Å². The van der Waals surface area contributed by atoms with Crippen molar-refractivity contribution < 1.29 is 13.2 Å². The van der Waals surface area contributed by atoms with Crippen LogP contribution in [-0.2, 0) is 16.4 Å². The Kier molecular flexibility index (Phi) is 9.18. The summed E-state index contributed by atoms with van der Waals surface area (Å²) in [6.07, 6.45) is 0.681. The SMILES string of the molecule is CCN(CC)CCN(C(=O)c1ccc(S(=O)(=O)N2CCc3ccccc32)cc1)c1nc2ccc(Cl)cc2s1.Cl. The van der Waals surface area contributed by atoms with Gasteiger partial charge in [0.1, 0.15) is 0 Å². The van der Waals surface area contributed by atoms with Crippen molar-refractivity contribution in [3.05, 3.63) is 82.9 Å². The number of likely N-dealkylation sites (N-methyl/N-ethyl adjacent to an activating group) is 1. The first-order valence-electron chi connectivity index (χ1n) is 12.6. The fourth-order valence-electron chi connectivity index (χ4n) is 4.68. The van der Waals surface area contributed by atoms with Gasteiger partial charge in [-0.15, -0.1) is 12.4 Å². The molecular weight excluding hydrogens is 575 g/mol. The van der Waals surface area contributed by atoms with Gasteiger partial charge in [0.25, 0.3) is 15.9 Å². The maximum atomic E-state index is 13.7. The van der Waals surface area contributed by atoms with Crippen LogP contribution >= 0.6 is 35.3 Å². The van der Waals surface area contributed by atoms with Crippen molar-refractivity contribution in [3.8, 4) is 0 Å². The fraction of sp³-hybridized carbons (Fsp3) is 0.286. The summed E-state index contributed by atoms with van der Waals surface area (Å²) in [5.41, 5.74) is 2.92. The molecule has 3 aromatic carbocycles. The molecule has 1 amide bonds. The Balaban J connectivity index is 0.00000353. The highest BCUT2D eigenvalue weighted by Gasteiger charge is 2.31. The number of carbonyl (C=O) groups excluding carboxylic acids is 1. The zero-order chi connectivity index (χ0) is 26.9. The van der Waals surface area contributed by atoms with Gasteiger partial charge in [0.05, 0.1) is 20.8 Å². The number of hydrogen-bond acceptors (Lipinski definition) is 6. The lowest BCUT2D eigenvalue weighted by molar-refractivity contribution is 0.0983. The molecular formula is C28H30Cl2N4O3S2. The number of para-hydroxylation sites is 1. The lowest BCUT2D eigenvalue weighted by Crippen LogP contribution is -2.39. The molecule has 0 saturated heterocycles. The predicted octanol–water partition coefficient (Wildman–Crippen LogP) is 6.11. The molecule has 0 unspecified atom stereocenters. The lowest BCUT2D eigenvalue weighted by Gasteiger charge is -2.25. The highest BCUT2D eigenvalue weighted by molar-refractivity contribution is 7.92. The third-order valence-corrected chi connectivity index (χ3v) is 9.99. The van der Waals surface area contributed by atoms with Gasteiger partial charge in [0, 0.05) is 30.2 Å². The molecule has 0 aliphatic carbocycles. The van der Waals surface area contributed by atoms with Gasteiger partial charge in [0.2, 0.25) is 0 Å². The molecule has 0 N–H and O–H groups in total. The molecule has 39 heavy (non-hydrogen) atoms. The first-order chi connectivity index (χ1) is 18.3. The van der Waals surface area contributed by atoms with Crippen molar-refractivity contribution in [1.29, 1.82) is 0 Å². The summed E-state index contributed by atoms with van der Waals surface area (Å²) in [6.45, 7) is 7.49. The Labute approximate surface area is 244 Å². The molecule has 2 heterocycles. The van der Waals surface area contributed by atoms with Crippen LogP contribution in [0.15, 0.2) is 71.6 Å².